The minimum atomic E-state index is -0.390. The number of nitrogens with zero attached hydrogens (tertiary/aromatic N) is 2. The summed E-state index contributed by atoms with van der Waals surface area (Å²) in [5.74, 6) is 0.702. The summed E-state index contributed by atoms with van der Waals surface area (Å²) in [5.41, 5.74) is 1.92. The molecule has 0 fully saturated rings. The van der Waals surface area contributed by atoms with Crippen molar-refractivity contribution in [2.75, 3.05) is 0 Å². The van der Waals surface area contributed by atoms with Crippen LogP contribution in [0.2, 0.25) is 0 Å². The van der Waals surface area contributed by atoms with E-state index in [-0.39, 0.29) is 11.6 Å². The van der Waals surface area contributed by atoms with Crippen molar-refractivity contribution in [1.82, 2.24) is 9.97 Å². The monoisotopic (exact) mass is 342 g/mol. The Balaban J connectivity index is 1.81. The molecule has 0 radical (unpaired) electrons. The van der Waals surface area contributed by atoms with Crippen LogP contribution in [0, 0.1) is 5.82 Å². The highest BCUT2D eigenvalue weighted by Crippen LogP contribution is 2.29. The van der Waals surface area contributed by atoms with Crippen molar-refractivity contribution in [1.29, 1.82) is 0 Å². The molecule has 0 aliphatic rings. The second-order valence-electron chi connectivity index (χ2n) is 5.74. The standard InChI is InChI=1S/C22H15FN2O/c1-15(17-11-5-7-13-19(17)23)26-22-18-12-6-8-14-20(18)24-21(25-22)16-9-3-2-4-10-16/h2-14H,1H2. The number of rotatable bonds is 4. The number of para-hydroxylation sites is 1. The summed E-state index contributed by atoms with van der Waals surface area (Å²) >= 11 is 0. The summed E-state index contributed by atoms with van der Waals surface area (Å²) in [6.07, 6.45) is 0. The summed E-state index contributed by atoms with van der Waals surface area (Å²) in [4.78, 5) is 9.16. The van der Waals surface area contributed by atoms with Crippen LogP contribution in [0.3, 0.4) is 0 Å². The lowest BCUT2D eigenvalue weighted by Gasteiger charge is -2.12. The van der Waals surface area contributed by atoms with Crippen molar-refractivity contribution in [2.24, 2.45) is 0 Å². The lowest BCUT2D eigenvalue weighted by molar-refractivity contribution is 0.494. The third-order valence-electron chi connectivity index (χ3n) is 3.99. The Morgan fingerprint density at radius 1 is 0.808 bits per heavy atom. The van der Waals surface area contributed by atoms with Gasteiger partial charge in [-0.25, -0.2) is 9.37 Å². The van der Waals surface area contributed by atoms with E-state index in [9.17, 15) is 4.39 Å². The van der Waals surface area contributed by atoms with Gasteiger partial charge in [-0.1, -0.05) is 61.2 Å². The van der Waals surface area contributed by atoms with E-state index in [0.29, 0.717) is 17.3 Å². The van der Waals surface area contributed by atoms with Crippen LogP contribution in [0.5, 0.6) is 5.88 Å². The molecule has 0 spiro atoms. The van der Waals surface area contributed by atoms with Gasteiger partial charge in [-0.05, 0) is 24.3 Å². The Bertz CT molecular complexity index is 1090. The highest BCUT2D eigenvalue weighted by Gasteiger charge is 2.14. The van der Waals surface area contributed by atoms with Gasteiger partial charge in [-0.2, -0.15) is 4.98 Å². The van der Waals surface area contributed by atoms with Crippen molar-refractivity contribution >= 4 is 16.7 Å². The van der Waals surface area contributed by atoms with E-state index >= 15 is 0 Å². The van der Waals surface area contributed by atoms with E-state index in [2.05, 4.69) is 16.5 Å². The van der Waals surface area contributed by atoms with Gasteiger partial charge >= 0.3 is 0 Å². The number of hydrogen-bond donors (Lipinski definition) is 0. The Labute approximate surface area is 150 Å². The maximum atomic E-state index is 14.0. The normalized spacial score (nSPS) is 10.7. The Kier molecular flexibility index (Phi) is 4.15. The van der Waals surface area contributed by atoms with Crippen LogP contribution in [0.25, 0.3) is 28.0 Å². The summed E-state index contributed by atoms with van der Waals surface area (Å²) in [6.45, 7) is 3.87. The second-order valence-corrected chi connectivity index (χ2v) is 5.74. The van der Waals surface area contributed by atoms with Gasteiger partial charge in [-0.15, -0.1) is 0 Å². The highest BCUT2D eigenvalue weighted by atomic mass is 19.1. The van der Waals surface area contributed by atoms with Crippen LogP contribution in [0.15, 0.2) is 85.4 Å². The fourth-order valence-electron chi connectivity index (χ4n) is 2.70. The molecule has 3 aromatic carbocycles. The van der Waals surface area contributed by atoms with Crippen molar-refractivity contribution in [3.05, 3.63) is 96.8 Å². The first-order chi connectivity index (χ1) is 12.7. The largest absolute Gasteiger partial charge is 0.438 e. The van der Waals surface area contributed by atoms with Gasteiger partial charge in [0.15, 0.2) is 5.82 Å². The van der Waals surface area contributed by atoms with Crippen LogP contribution in [0.4, 0.5) is 4.39 Å². The highest BCUT2D eigenvalue weighted by molar-refractivity contribution is 5.86. The fourth-order valence-corrected chi connectivity index (χ4v) is 2.70. The molecule has 26 heavy (non-hydrogen) atoms. The molecule has 0 amide bonds. The number of ether oxygens (including phenoxy) is 1. The second kappa shape index (κ2) is 6.76. The molecule has 4 aromatic rings. The number of hydrogen-bond acceptors (Lipinski definition) is 3. The smallest absolute Gasteiger partial charge is 0.230 e. The van der Waals surface area contributed by atoms with Gasteiger partial charge in [0.2, 0.25) is 5.88 Å². The number of aromatic nitrogens is 2. The number of fused-ring (bicyclic) bond motifs is 1. The van der Waals surface area contributed by atoms with Gasteiger partial charge < -0.3 is 4.74 Å². The Hall–Kier alpha value is -3.53. The fraction of sp³-hybridized carbons (Fsp3) is 0. The minimum Gasteiger partial charge on any atom is -0.438 e. The molecule has 0 atom stereocenters. The van der Waals surface area contributed by atoms with Crippen molar-refractivity contribution in [3.63, 3.8) is 0 Å². The van der Waals surface area contributed by atoms with Gasteiger partial charge in [0.1, 0.15) is 11.6 Å². The molecule has 1 aromatic heterocycles. The maximum absolute atomic E-state index is 14.0. The summed E-state index contributed by atoms with van der Waals surface area (Å²) in [5, 5.41) is 0.740. The molecule has 0 N–H and O–H groups in total. The van der Waals surface area contributed by atoms with E-state index in [4.69, 9.17) is 4.74 Å². The summed E-state index contributed by atoms with van der Waals surface area (Å²) < 4.78 is 19.9. The van der Waals surface area contributed by atoms with Crippen LogP contribution < -0.4 is 4.74 Å². The van der Waals surface area contributed by atoms with E-state index < -0.39 is 0 Å². The van der Waals surface area contributed by atoms with Crippen LogP contribution >= 0.6 is 0 Å². The van der Waals surface area contributed by atoms with Gasteiger partial charge in [0, 0.05) is 5.56 Å². The van der Waals surface area contributed by atoms with E-state index in [0.717, 1.165) is 16.5 Å². The zero-order chi connectivity index (χ0) is 17.9. The zero-order valence-corrected chi connectivity index (χ0v) is 13.9. The quantitative estimate of drug-likeness (QED) is 0.460. The van der Waals surface area contributed by atoms with E-state index in [1.54, 1.807) is 18.2 Å². The Morgan fingerprint density at radius 2 is 1.50 bits per heavy atom. The lowest BCUT2D eigenvalue weighted by atomic mass is 10.2. The predicted molar refractivity (Wildman–Crippen MR) is 101 cm³/mol. The third kappa shape index (κ3) is 3.05. The van der Waals surface area contributed by atoms with Crippen LogP contribution in [-0.4, -0.2) is 9.97 Å². The molecule has 1 heterocycles. The first kappa shape index (κ1) is 16.0. The molecule has 4 heteroatoms. The lowest BCUT2D eigenvalue weighted by Crippen LogP contribution is -2.01. The SMILES string of the molecule is C=C(Oc1nc(-c2ccccc2)nc2ccccc12)c1ccccc1F. The van der Waals surface area contributed by atoms with Crippen LogP contribution in [0.1, 0.15) is 5.56 Å². The van der Waals surface area contributed by atoms with Gasteiger partial charge in [0.05, 0.1) is 16.5 Å². The molecular formula is C22H15FN2O. The molecule has 126 valence electrons. The average Bonchev–Trinajstić information content (AvgIpc) is 2.69. The zero-order valence-electron chi connectivity index (χ0n) is 13.9. The third-order valence-corrected chi connectivity index (χ3v) is 3.99. The number of benzene rings is 3. The molecule has 0 unspecified atom stereocenters. The minimum absolute atomic E-state index is 0.200. The van der Waals surface area contributed by atoms with Crippen molar-refractivity contribution < 1.29 is 9.13 Å². The number of halogens is 1. The first-order valence-corrected chi connectivity index (χ1v) is 8.16. The van der Waals surface area contributed by atoms with Gasteiger partial charge in [-0.3, -0.25) is 0 Å². The molecule has 3 nitrogen and oxygen atoms in total. The molecule has 0 bridgehead atoms. The molecule has 0 aliphatic carbocycles. The van der Waals surface area contributed by atoms with E-state index in [1.165, 1.54) is 6.07 Å². The summed E-state index contributed by atoms with van der Waals surface area (Å²) in [7, 11) is 0. The molecule has 4 rings (SSSR count). The predicted octanol–water partition coefficient (Wildman–Crippen LogP) is 5.49. The topological polar surface area (TPSA) is 35.0 Å². The van der Waals surface area contributed by atoms with Gasteiger partial charge in [0.25, 0.3) is 0 Å². The van der Waals surface area contributed by atoms with Crippen molar-refractivity contribution in [3.8, 4) is 17.3 Å². The molecule has 0 aliphatic heterocycles. The molecule has 0 saturated carbocycles. The average molecular weight is 342 g/mol. The Morgan fingerprint density at radius 3 is 2.31 bits per heavy atom. The van der Waals surface area contributed by atoms with E-state index in [1.807, 2.05) is 54.6 Å². The van der Waals surface area contributed by atoms with Crippen molar-refractivity contribution in [2.45, 2.75) is 0 Å². The molecular weight excluding hydrogens is 327 g/mol. The summed E-state index contributed by atoms with van der Waals surface area (Å²) in [6, 6.07) is 23.5. The molecule has 0 saturated heterocycles. The first-order valence-electron chi connectivity index (χ1n) is 8.16. The maximum Gasteiger partial charge on any atom is 0.230 e. The van der Waals surface area contributed by atoms with Crippen LogP contribution in [-0.2, 0) is 0 Å².